The second kappa shape index (κ2) is 6.05. The summed E-state index contributed by atoms with van der Waals surface area (Å²) in [6.45, 7) is 2.55. The molecule has 4 nitrogen and oxygen atoms in total. The van der Waals surface area contributed by atoms with Crippen LogP contribution in [0.5, 0.6) is 0 Å². The minimum Gasteiger partial charge on any atom is -0.383 e. The van der Waals surface area contributed by atoms with Crippen LogP contribution < -0.4 is 5.32 Å². The van der Waals surface area contributed by atoms with Gasteiger partial charge in [0.25, 0.3) is 0 Å². The number of nitrogens with zero attached hydrogens (tertiary/aromatic N) is 2. The monoisotopic (exact) mass is 259 g/mol. The molecule has 0 bridgehead atoms. The number of benzene rings is 1. The second-order valence-electron chi connectivity index (χ2n) is 5.27. The summed E-state index contributed by atoms with van der Waals surface area (Å²) in [5, 5.41) is 12.3. The molecule has 0 saturated carbocycles. The molecular weight excluding hydrogens is 238 g/mol. The van der Waals surface area contributed by atoms with Gasteiger partial charge in [-0.25, -0.2) is 0 Å². The molecule has 0 amide bonds. The lowest BCUT2D eigenvalue weighted by atomic mass is 9.88. The maximum Gasteiger partial charge on any atom is 0.0991 e. The van der Waals surface area contributed by atoms with E-state index in [4.69, 9.17) is 10.00 Å². The number of likely N-dealkylation sites (N-methyl/N-ethyl adjacent to an activating group) is 1. The van der Waals surface area contributed by atoms with Crippen molar-refractivity contribution in [1.82, 2.24) is 4.90 Å². The summed E-state index contributed by atoms with van der Waals surface area (Å²) >= 11 is 0. The van der Waals surface area contributed by atoms with Gasteiger partial charge in [0, 0.05) is 31.0 Å². The Morgan fingerprint density at radius 2 is 1.89 bits per heavy atom. The Kier molecular flexibility index (Phi) is 4.41. The fourth-order valence-electron chi connectivity index (χ4n) is 2.46. The molecule has 0 atom stereocenters. The van der Waals surface area contributed by atoms with Gasteiger partial charge in [0.1, 0.15) is 0 Å². The van der Waals surface area contributed by atoms with Crippen molar-refractivity contribution < 1.29 is 4.74 Å². The van der Waals surface area contributed by atoms with Gasteiger partial charge < -0.3 is 15.0 Å². The number of hydrogen-bond donors (Lipinski definition) is 1. The third-order valence-corrected chi connectivity index (χ3v) is 4.01. The van der Waals surface area contributed by atoms with Crippen LogP contribution in [0.4, 0.5) is 5.69 Å². The Hall–Kier alpha value is -1.57. The molecule has 1 aromatic rings. The lowest BCUT2D eigenvalue weighted by Crippen LogP contribution is -2.53. The van der Waals surface area contributed by atoms with Gasteiger partial charge in [0.15, 0.2) is 0 Å². The van der Waals surface area contributed by atoms with Crippen LogP contribution in [0, 0.1) is 11.3 Å². The van der Waals surface area contributed by atoms with Crippen LogP contribution in [-0.2, 0) is 4.74 Å². The average molecular weight is 259 g/mol. The van der Waals surface area contributed by atoms with E-state index in [1.807, 2.05) is 24.3 Å². The van der Waals surface area contributed by atoms with Gasteiger partial charge in [0.2, 0.25) is 0 Å². The van der Waals surface area contributed by atoms with Crippen molar-refractivity contribution in [2.75, 3.05) is 39.2 Å². The molecule has 1 N–H and O–H groups in total. The van der Waals surface area contributed by atoms with Gasteiger partial charge in [-0.15, -0.1) is 0 Å². The number of rotatable bonds is 4. The SMILES string of the molecule is CN(C)C1(CNc2ccc(C#N)cc2)CCOCC1. The van der Waals surface area contributed by atoms with Gasteiger partial charge in [-0.3, -0.25) is 0 Å². The van der Waals surface area contributed by atoms with Crippen LogP contribution in [0.2, 0.25) is 0 Å². The summed E-state index contributed by atoms with van der Waals surface area (Å²) in [6.07, 6.45) is 2.09. The molecule has 4 heteroatoms. The minimum absolute atomic E-state index is 0.159. The van der Waals surface area contributed by atoms with E-state index in [2.05, 4.69) is 30.4 Å². The molecule has 0 spiro atoms. The van der Waals surface area contributed by atoms with Crippen LogP contribution >= 0.6 is 0 Å². The Bertz CT molecular complexity index is 441. The third-order valence-electron chi connectivity index (χ3n) is 4.01. The van der Waals surface area contributed by atoms with E-state index < -0.39 is 0 Å². The highest BCUT2D eigenvalue weighted by Gasteiger charge is 2.34. The zero-order chi connectivity index (χ0) is 13.7. The molecular formula is C15H21N3O. The lowest BCUT2D eigenvalue weighted by molar-refractivity contribution is -0.000627. The molecule has 0 aromatic heterocycles. The van der Waals surface area contributed by atoms with E-state index in [9.17, 15) is 0 Å². The first-order chi connectivity index (χ1) is 9.16. The fourth-order valence-corrected chi connectivity index (χ4v) is 2.46. The maximum atomic E-state index is 8.79. The molecule has 0 unspecified atom stereocenters. The fraction of sp³-hybridized carbons (Fsp3) is 0.533. The van der Waals surface area contributed by atoms with Crippen molar-refractivity contribution in [3.8, 4) is 6.07 Å². The topological polar surface area (TPSA) is 48.3 Å². The molecule has 1 aliphatic rings. The number of hydrogen-bond acceptors (Lipinski definition) is 4. The predicted octanol–water partition coefficient (Wildman–Crippen LogP) is 2.08. The Labute approximate surface area is 115 Å². The van der Waals surface area contributed by atoms with Gasteiger partial charge in [-0.05, 0) is 51.2 Å². The summed E-state index contributed by atoms with van der Waals surface area (Å²) in [5.41, 5.74) is 1.91. The smallest absolute Gasteiger partial charge is 0.0991 e. The van der Waals surface area contributed by atoms with E-state index in [0.717, 1.165) is 38.3 Å². The van der Waals surface area contributed by atoms with E-state index in [1.54, 1.807) is 0 Å². The molecule has 102 valence electrons. The largest absolute Gasteiger partial charge is 0.383 e. The van der Waals surface area contributed by atoms with Crippen molar-refractivity contribution in [2.45, 2.75) is 18.4 Å². The number of nitrogens with one attached hydrogen (secondary N) is 1. The summed E-state index contributed by atoms with van der Waals surface area (Å²) in [5.74, 6) is 0. The second-order valence-corrected chi connectivity index (χ2v) is 5.27. The number of nitriles is 1. The number of anilines is 1. The summed E-state index contributed by atoms with van der Waals surface area (Å²) in [6, 6.07) is 9.74. The molecule has 0 aliphatic carbocycles. The van der Waals surface area contributed by atoms with Gasteiger partial charge in [-0.2, -0.15) is 5.26 Å². The summed E-state index contributed by atoms with van der Waals surface area (Å²) < 4.78 is 5.47. The zero-order valence-electron chi connectivity index (χ0n) is 11.6. The predicted molar refractivity (Wildman–Crippen MR) is 76.1 cm³/mol. The van der Waals surface area contributed by atoms with Crippen molar-refractivity contribution in [3.05, 3.63) is 29.8 Å². The van der Waals surface area contributed by atoms with Crippen LogP contribution in [0.3, 0.4) is 0 Å². The zero-order valence-corrected chi connectivity index (χ0v) is 11.6. The number of ether oxygens (including phenoxy) is 1. The highest BCUT2D eigenvalue weighted by Crippen LogP contribution is 2.26. The molecule has 1 saturated heterocycles. The van der Waals surface area contributed by atoms with E-state index >= 15 is 0 Å². The first-order valence-corrected chi connectivity index (χ1v) is 6.65. The van der Waals surface area contributed by atoms with Crippen LogP contribution in [0.25, 0.3) is 0 Å². The Morgan fingerprint density at radius 1 is 1.26 bits per heavy atom. The average Bonchev–Trinajstić information content (AvgIpc) is 2.46. The van der Waals surface area contributed by atoms with E-state index in [0.29, 0.717) is 5.56 Å². The normalized spacial score (nSPS) is 18.0. The first-order valence-electron chi connectivity index (χ1n) is 6.65. The van der Waals surface area contributed by atoms with E-state index in [-0.39, 0.29) is 5.54 Å². The van der Waals surface area contributed by atoms with Crippen molar-refractivity contribution in [3.63, 3.8) is 0 Å². The minimum atomic E-state index is 0.159. The highest BCUT2D eigenvalue weighted by molar-refractivity contribution is 5.47. The van der Waals surface area contributed by atoms with Crippen LogP contribution in [-0.4, -0.2) is 44.3 Å². The Morgan fingerprint density at radius 3 is 2.42 bits per heavy atom. The molecule has 2 rings (SSSR count). The van der Waals surface area contributed by atoms with E-state index in [1.165, 1.54) is 0 Å². The van der Waals surface area contributed by atoms with Gasteiger partial charge in [-0.1, -0.05) is 0 Å². The Balaban J connectivity index is 2.00. The molecule has 1 heterocycles. The van der Waals surface area contributed by atoms with Crippen LogP contribution in [0.1, 0.15) is 18.4 Å². The van der Waals surface area contributed by atoms with Crippen LogP contribution in [0.15, 0.2) is 24.3 Å². The maximum absolute atomic E-state index is 8.79. The molecule has 1 aliphatic heterocycles. The molecule has 0 radical (unpaired) electrons. The van der Waals surface area contributed by atoms with Crippen molar-refractivity contribution >= 4 is 5.69 Å². The van der Waals surface area contributed by atoms with Crippen molar-refractivity contribution in [2.24, 2.45) is 0 Å². The lowest BCUT2D eigenvalue weighted by Gasteiger charge is -2.43. The molecule has 1 fully saturated rings. The van der Waals surface area contributed by atoms with Gasteiger partial charge in [0.05, 0.1) is 11.6 Å². The highest BCUT2D eigenvalue weighted by atomic mass is 16.5. The molecule has 1 aromatic carbocycles. The van der Waals surface area contributed by atoms with Crippen molar-refractivity contribution in [1.29, 1.82) is 5.26 Å². The summed E-state index contributed by atoms with van der Waals surface area (Å²) in [4.78, 5) is 2.30. The first kappa shape index (κ1) is 13.9. The molecule has 19 heavy (non-hydrogen) atoms. The quantitative estimate of drug-likeness (QED) is 0.899. The van der Waals surface area contributed by atoms with Gasteiger partial charge >= 0.3 is 0 Å². The summed E-state index contributed by atoms with van der Waals surface area (Å²) in [7, 11) is 4.26. The third kappa shape index (κ3) is 3.25. The standard InChI is InChI=1S/C15H21N3O/c1-18(2)15(7-9-19-10-8-15)12-17-14-5-3-13(11-16)4-6-14/h3-6,17H,7-10,12H2,1-2H3.